The molecular formula is C13H20N2O2S. The molecule has 2 N–H and O–H groups in total. The van der Waals surface area contributed by atoms with Crippen molar-refractivity contribution < 1.29 is 8.42 Å². The highest BCUT2D eigenvalue weighted by Gasteiger charge is 2.37. The van der Waals surface area contributed by atoms with Crippen LogP contribution < -0.4 is 5.73 Å². The molecule has 1 aliphatic carbocycles. The van der Waals surface area contributed by atoms with Gasteiger partial charge in [-0.25, -0.2) is 8.42 Å². The quantitative estimate of drug-likeness (QED) is 0.832. The summed E-state index contributed by atoms with van der Waals surface area (Å²) in [4.78, 5) is 0.320. The van der Waals surface area contributed by atoms with Crippen LogP contribution in [0, 0.1) is 6.92 Å². The maximum atomic E-state index is 12.6. The molecule has 4 nitrogen and oxygen atoms in total. The van der Waals surface area contributed by atoms with Crippen molar-refractivity contribution in [2.75, 3.05) is 12.3 Å². The zero-order chi connectivity index (χ0) is 13.3. The van der Waals surface area contributed by atoms with Crippen molar-refractivity contribution in [3.05, 3.63) is 23.8 Å². The predicted molar refractivity (Wildman–Crippen MR) is 72.8 cm³/mol. The number of hydrogen-bond donors (Lipinski definition) is 1. The van der Waals surface area contributed by atoms with Gasteiger partial charge in [-0.15, -0.1) is 0 Å². The molecule has 0 atom stereocenters. The number of sulfonamides is 1. The van der Waals surface area contributed by atoms with Crippen LogP contribution in [0.1, 0.15) is 31.7 Å². The van der Waals surface area contributed by atoms with Gasteiger partial charge in [0.2, 0.25) is 10.0 Å². The lowest BCUT2D eigenvalue weighted by Gasteiger charge is -2.21. The molecule has 0 aliphatic heterocycles. The third kappa shape index (κ3) is 2.67. The fourth-order valence-corrected chi connectivity index (χ4v) is 4.06. The van der Waals surface area contributed by atoms with Crippen molar-refractivity contribution in [1.82, 2.24) is 4.31 Å². The van der Waals surface area contributed by atoms with Gasteiger partial charge in [0.05, 0.1) is 4.90 Å². The predicted octanol–water partition coefficient (Wildman–Crippen LogP) is 2.14. The summed E-state index contributed by atoms with van der Waals surface area (Å²) in [6, 6.07) is 5.21. The number of nitrogens with zero attached hydrogens (tertiary/aromatic N) is 1. The summed E-state index contributed by atoms with van der Waals surface area (Å²) < 4.78 is 26.8. The second kappa shape index (κ2) is 4.90. The van der Waals surface area contributed by atoms with Crippen molar-refractivity contribution in [2.45, 2.75) is 44.0 Å². The van der Waals surface area contributed by atoms with Crippen LogP contribution in [0.2, 0.25) is 0 Å². The molecule has 0 amide bonds. The Hall–Kier alpha value is -1.07. The van der Waals surface area contributed by atoms with Crippen molar-refractivity contribution in [3.63, 3.8) is 0 Å². The molecular weight excluding hydrogens is 248 g/mol. The largest absolute Gasteiger partial charge is 0.399 e. The first-order valence-electron chi connectivity index (χ1n) is 6.34. The van der Waals surface area contributed by atoms with Gasteiger partial charge in [-0.1, -0.05) is 6.92 Å². The molecule has 1 aliphatic rings. The Morgan fingerprint density at radius 1 is 1.33 bits per heavy atom. The Labute approximate surface area is 109 Å². The molecule has 5 heteroatoms. The standard InChI is InChI=1S/C13H20N2O2S/c1-3-6-15(12-4-5-12)18(16,17)13-8-10(2)7-11(14)9-13/h7-9,12H,3-6,14H2,1-2H3. The molecule has 0 bridgehead atoms. The van der Waals surface area contributed by atoms with Gasteiger partial charge in [0.1, 0.15) is 0 Å². The summed E-state index contributed by atoms with van der Waals surface area (Å²) in [7, 11) is -3.39. The molecule has 18 heavy (non-hydrogen) atoms. The smallest absolute Gasteiger partial charge is 0.243 e. The molecule has 100 valence electrons. The van der Waals surface area contributed by atoms with E-state index in [2.05, 4.69) is 0 Å². The first kappa shape index (κ1) is 13.4. The van der Waals surface area contributed by atoms with Crippen LogP contribution in [0.15, 0.2) is 23.1 Å². The molecule has 2 rings (SSSR count). The summed E-state index contributed by atoms with van der Waals surface area (Å²) >= 11 is 0. The van der Waals surface area contributed by atoms with Crippen molar-refractivity contribution in [2.24, 2.45) is 0 Å². The van der Waals surface area contributed by atoms with E-state index in [1.54, 1.807) is 22.5 Å². The van der Waals surface area contributed by atoms with Gasteiger partial charge in [0.25, 0.3) is 0 Å². The van der Waals surface area contributed by atoms with E-state index in [-0.39, 0.29) is 6.04 Å². The molecule has 0 aromatic heterocycles. The van der Waals surface area contributed by atoms with Crippen LogP contribution in [0.25, 0.3) is 0 Å². The Balaban J connectivity index is 2.39. The SMILES string of the molecule is CCCN(C1CC1)S(=O)(=O)c1cc(C)cc(N)c1. The molecule has 0 radical (unpaired) electrons. The van der Waals surface area contributed by atoms with Crippen molar-refractivity contribution >= 4 is 15.7 Å². The lowest BCUT2D eigenvalue weighted by Crippen LogP contribution is -2.33. The molecule has 0 heterocycles. The second-order valence-corrected chi connectivity index (χ2v) is 6.82. The van der Waals surface area contributed by atoms with Crippen LogP contribution in [0.4, 0.5) is 5.69 Å². The summed E-state index contributed by atoms with van der Waals surface area (Å²) in [5.74, 6) is 0. The summed E-state index contributed by atoms with van der Waals surface area (Å²) in [5.41, 5.74) is 7.12. The first-order valence-corrected chi connectivity index (χ1v) is 7.78. The Kier molecular flexibility index (Phi) is 3.64. The van der Waals surface area contributed by atoms with Crippen LogP contribution in [0.5, 0.6) is 0 Å². The van der Waals surface area contributed by atoms with Crippen molar-refractivity contribution in [1.29, 1.82) is 0 Å². The maximum Gasteiger partial charge on any atom is 0.243 e. The summed E-state index contributed by atoms with van der Waals surface area (Å²) in [6.45, 7) is 4.44. The van der Waals surface area contributed by atoms with Crippen LogP contribution >= 0.6 is 0 Å². The molecule has 1 fully saturated rings. The Bertz CT molecular complexity index is 516. The second-order valence-electron chi connectivity index (χ2n) is 4.93. The van der Waals surface area contributed by atoms with E-state index >= 15 is 0 Å². The number of anilines is 1. The number of nitrogen functional groups attached to an aromatic ring is 1. The maximum absolute atomic E-state index is 12.6. The fraction of sp³-hybridized carbons (Fsp3) is 0.538. The molecule has 0 unspecified atom stereocenters. The normalized spacial score (nSPS) is 16.2. The lowest BCUT2D eigenvalue weighted by molar-refractivity contribution is 0.403. The zero-order valence-electron chi connectivity index (χ0n) is 10.9. The van der Waals surface area contributed by atoms with E-state index < -0.39 is 10.0 Å². The van der Waals surface area contributed by atoms with E-state index in [0.29, 0.717) is 17.1 Å². The number of rotatable bonds is 5. The highest BCUT2D eigenvalue weighted by Crippen LogP contribution is 2.32. The van der Waals surface area contributed by atoms with Gasteiger partial charge in [-0.3, -0.25) is 0 Å². The topological polar surface area (TPSA) is 63.4 Å². The first-order chi connectivity index (χ1) is 8.45. The highest BCUT2D eigenvalue weighted by atomic mass is 32.2. The van der Waals surface area contributed by atoms with E-state index in [4.69, 9.17) is 5.73 Å². The summed E-state index contributed by atoms with van der Waals surface area (Å²) in [6.07, 6.45) is 2.78. The monoisotopic (exact) mass is 268 g/mol. The average molecular weight is 268 g/mol. The minimum atomic E-state index is -3.39. The van der Waals surface area contributed by atoms with Crippen LogP contribution in [-0.4, -0.2) is 25.3 Å². The van der Waals surface area contributed by atoms with Gasteiger partial charge >= 0.3 is 0 Å². The van der Waals surface area contributed by atoms with Crippen LogP contribution in [-0.2, 0) is 10.0 Å². The number of nitrogens with two attached hydrogens (primary N) is 1. The molecule has 0 saturated heterocycles. The molecule has 1 aromatic rings. The van der Waals surface area contributed by atoms with E-state index in [1.165, 1.54) is 0 Å². The lowest BCUT2D eigenvalue weighted by atomic mass is 10.2. The number of benzene rings is 1. The molecule has 1 saturated carbocycles. The number of hydrogen-bond acceptors (Lipinski definition) is 3. The van der Waals surface area contributed by atoms with Gasteiger partial charge in [0, 0.05) is 18.3 Å². The van der Waals surface area contributed by atoms with E-state index in [1.807, 2.05) is 13.8 Å². The minimum absolute atomic E-state index is 0.191. The van der Waals surface area contributed by atoms with Gasteiger partial charge in [0.15, 0.2) is 0 Å². The Morgan fingerprint density at radius 2 is 2.00 bits per heavy atom. The highest BCUT2D eigenvalue weighted by molar-refractivity contribution is 7.89. The third-order valence-corrected chi connectivity index (χ3v) is 5.01. The van der Waals surface area contributed by atoms with Gasteiger partial charge < -0.3 is 5.73 Å². The average Bonchev–Trinajstić information content (AvgIpc) is 3.08. The Morgan fingerprint density at radius 3 is 2.50 bits per heavy atom. The van der Waals surface area contributed by atoms with Gasteiger partial charge in [-0.2, -0.15) is 4.31 Å². The number of aryl methyl sites for hydroxylation is 1. The molecule has 0 spiro atoms. The van der Waals surface area contributed by atoms with E-state index in [9.17, 15) is 8.42 Å². The minimum Gasteiger partial charge on any atom is -0.399 e. The third-order valence-electron chi connectivity index (χ3n) is 3.08. The van der Waals surface area contributed by atoms with Crippen LogP contribution in [0.3, 0.4) is 0 Å². The molecule has 1 aromatic carbocycles. The van der Waals surface area contributed by atoms with Gasteiger partial charge in [-0.05, 0) is 49.9 Å². The van der Waals surface area contributed by atoms with E-state index in [0.717, 1.165) is 24.8 Å². The zero-order valence-corrected chi connectivity index (χ0v) is 11.7. The summed E-state index contributed by atoms with van der Waals surface area (Å²) in [5, 5.41) is 0. The fourth-order valence-electron chi connectivity index (χ4n) is 2.14. The van der Waals surface area contributed by atoms with Crippen molar-refractivity contribution in [3.8, 4) is 0 Å².